The first-order valence-electron chi connectivity index (χ1n) is 10.4. The third kappa shape index (κ3) is 3.55. The average molecular weight is 415 g/mol. The number of carbonyl (C=O) groups excluding carboxylic acids is 1. The van der Waals surface area contributed by atoms with Gasteiger partial charge in [0.05, 0.1) is 24.4 Å². The van der Waals surface area contributed by atoms with Crippen LogP contribution in [-0.4, -0.2) is 80.2 Å². The SMILES string of the molecule is CCOc1ccnc(Nc2n[nH]c3c2CN(C(=O)N2CCN(C)[C@H](C)C2)C3(C)C)n1. The standard InChI is InChI=1S/C20H30N8O2/c1-6-30-15-7-8-21-18(22-15)23-17-14-12-28(20(3,4)16(14)24-25-17)19(29)27-10-9-26(5)13(2)11-27/h7-8,13H,6,9-12H2,1-5H3,(H2,21,22,23,24,25)/t13-/m1/s1. The molecule has 4 rings (SSSR count). The van der Waals surface area contributed by atoms with Crippen LogP contribution in [0.1, 0.15) is 39.0 Å². The van der Waals surface area contributed by atoms with Crippen molar-refractivity contribution in [3.63, 3.8) is 0 Å². The highest BCUT2D eigenvalue weighted by Gasteiger charge is 2.45. The number of ether oxygens (including phenoxy) is 1. The molecule has 4 heterocycles. The van der Waals surface area contributed by atoms with E-state index in [2.05, 4.69) is 44.4 Å². The van der Waals surface area contributed by atoms with E-state index in [1.807, 2.05) is 30.6 Å². The maximum Gasteiger partial charge on any atom is 0.321 e. The Morgan fingerprint density at radius 1 is 1.40 bits per heavy atom. The lowest BCUT2D eigenvalue weighted by Gasteiger charge is -2.42. The molecule has 0 aliphatic carbocycles. The smallest absolute Gasteiger partial charge is 0.321 e. The van der Waals surface area contributed by atoms with Gasteiger partial charge in [-0.3, -0.25) is 5.10 Å². The molecular weight excluding hydrogens is 384 g/mol. The van der Waals surface area contributed by atoms with Gasteiger partial charge in [0.1, 0.15) is 0 Å². The normalized spacial score (nSPS) is 20.9. The predicted octanol–water partition coefficient (Wildman–Crippen LogP) is 2.15. The zero-order valence-electron chi connectivity index (χ0n) is 18.3. The Morgan fingerprint density at radius 2 is 2.20 bits per heavy atom. The lowest BCUT2D eigenvalue weighted by Crippen LogP contribution is -2.56. The van der Waals surface area contributed by atoms with E-state index >= 15 is 0 Å². The van der Waals surface area contributed by atoms with E-state index in [0.717, 1.165) is 30.9 Å². The van der Waals surface area contributed by atoms with Gasteiger partial charge in [0.25, 0.3) is 0 Å². The fourth-order valence-electron chi connectivity index (χ4n) is 4.06. The zero-order valence-corrected chi connectivity index (χ0v) is 18.3. The molecule has 2 aliphatic heterocycles. The largest absolute Gasteiger partial charge is 0.478 e. The quantitative estimate of drug-likeness (QED) is 0.790. The van der Waals surface area contributed by atoms with Crippen molar-refractivity contribution >= 4 is 17.8 Å². The number of aromatic nitrogens is 4. The highest BCUT2D eigenvalue weighted by molar-refractivity contribution is 5.77. The minimum absolute atomic E-state index is 0.0603. The Hall–Kier alpha value is -2.88. The van der Waals surface area contributed by atoms with Crippen molar-refractivity contribution in [2.45, 2.75) is 45.8 Å². The number of anilines is 2. The molecule has 0 spiro atoms. The van der Waals surface area contributed by atoms with Crippen molar-refractivity contribution in [2.75, 3.05) is 38.6 Å². The summed E-state index contributed by atoms with van der Waals surface area (Å²) in [6, 6.07) is 2.12. The fourth-order valence-corrected chi connectivity index (χ4v) is 4.06. The van der Waals surface area contributed by atoms with Crippen LogP contribution in [0.25, 0.3) is 0 Å². The number of nitrogens with one attached hydrogen (secondary N) is 2. The van der Waals surface area contributed by atoms with Crippen LogP contribution in [0, 0.1) is 0 Å². The fraction of sp³-hybridized carbons (Fsp3) is 0.600. The first-order valence-corrected chi connectivity index (χ1v) is 10.4. The second kappa shape index (κ2) is 7.75. The summed E-state index contributed by atoms with van der Waals surface area (Å²) >= 11 is 0. The number of H-pyrrole nitrogens is 1. The van der Waals surface area contributed by atoms with Crippen LogP contribution in [0.15, 0.2) is 12.3 Å². The Balaban J connectivity index is 1.53. The van der Waals surface area contributed by atoms with Crippen molar-refractivity contribution in [1.82, 2.24) is 34.9 Å². The van der Waals surface area contributed by atoms with Crippen LogP contribution < -0.4 is 10.1 Å². The molecule has 2 aromatic rings. The highest BCUT2D eigenvalue weighted by Crippen LogP contribution is 2.41. The van der Waals surface area contributed by atoms with Gasteiger partial charge in [-0.05, 0) is 34.7 Å². The van der Waals surface area contributed by atoms with Crippen LogP contribution in [0.4, 0.5) is 16.6 Å². The third-order valence-corrected chi connectivity index (χ3v) is 6.08. The zero-order chi connectivity index (χ0) is 21.5. The number of carbonyl (C=O) groups is 1. The molecular formula is C20H30N8O2. The summed E-state index contributed by atoms with van der Waals surface area (Å²) in [6.45, 7) is 11.5. The summed E-state index contributed by atoms with van der Waals surface area (Å²) in [4.78, 5) is 28.1. The molecule has 0 aromatic carbocycles. The number of fused-ring (bicyclic) bond motifs is 1. The van der Waals surface area contributed by atoms with Gasteiger partial charge in [0, 0.05) is 43.5 Å². The Labute approximate surface area is 176 Å². The van der Waals surface area contributed by atoms with Crippen LogP contribution in [0.3, 0.4) is 0 Å². The summed E-state index contributed by atoms with van der Waals surface area (Å²) in [5, 5.41) is 10.7. The van der Waals surface area contributed by atoms with Gasteiger partial charge in [-0.25, -0.2) is 9.78 Å². The molecule has 2 amide bonds. The topological polar surface area (TPSA) is 103 Å². The number of amides is 2. The van der Waals surface area contributed by atoms with Crippen LogP contribution in [0.5, 0.6) is 5.88 Å². The molecule has 2 aromatic heterocycles. The number of piperazine rings is 1. The molecule has 162 valence electrons. The van der Waals surface area contributed by atoms with Crippen LogP contribution in [0.2, 0.25) is 0 Å². The third-order valence-electron chi connectivity index (χ3n) is 6.08. The van der Waals surface area contributed by atoms with Crippen LogP contribution in [-0.2, 0) is 12.1 Å². The van der Waals surface area contributed by atoms with Crippen molar-refractivity contribution < 1.29 is 9.53 Å². The summed E-state index contributed by atoms with van der Waals surface area (Å²) in [5.74, 6) is 1.54. The molecule has 2 aliphatic rings. The molecule has 1 fully saturated rings. The summed E-state index contributed by atoms with van der Waals surface area (Å²) in [5.41, 5.74) is 1.40. The molecule has 30 heavy (non-hydrogen) atoms. The van der Waals surface area contributed by atoms with Gasteiger partial charge in [-0.2, -0.15) is 10.1 Å². The Morgan fingerprint density at radius 3 is 2.93 bits per heavy atom. The molecule has 0 radical (unpaired) electrons. The molecule has 0 saturated carbocycles. The average Bonchev–Trinajstić information content (AvgIpc) is 3.22. The minimum Gasteiger partial charge on any atom is -0.478 e. The van der Waals surface area contributed by atoms with E-state index in [4.69, 9.17) is 4.74 Å². The van der Waals surface area contributed by atoms with Gasteiger partial charge < -0.3 is 24.8 Å². The number of urea groups is 1. The molecule has 1 saturated heterocycles. The number of hydrogen-bond donors (Lipinski definition) is 2. The molecule has 2 N–H and O–H groups in total. The van der Waals surface area contributed by atoms with Crippen molar-refractivity contribution in [3.8, 4) is 5.88 Å². The number of likely N-dealkylation sites (N-methyl/N-ethyl adjacent to an activating group) is 1. The van der Waals surface area contributed by atoms with Crippen LogP contribution >= 0.6 is 0 Å². The number of nitrogens with zero attached hydrogens (tertiary/aromatic N) is 6. The first kappa shape index (κ1) is 20.4. The number of rotatable bonds is 4. The second-order valence-corrected chi connectivity index (χ2v) is 8.41. The predicted molar refractivity (Wildman–Crippen MR) is 113 cm³/mol. The maximum absolute atomic E-state index is 13.4. The van der Waals surface area contributed by atoms with E-state index in [1.54, 1.807) is 12.3 Å². The number of aromatic amines is 1. The van der Waals surface area contributed by atoms with E-state index in [0.29, 0.717) is 36.8 Å². The first-order chi connectivity index (χ1) is 14.3. The monoisotopic (exact) mass is 414 g/mol. The Bertz CT molecular complexity index is 927. The second-order valence-electron chi connectivity index (χ2n) is 8.41. The molecule has 1 atom stereocenters. The van der Waals surface area contributed by atoms with Gasteiger partial charge in [-0.1, -0.05) is 0 Å². The van der Waals surface area contributed by atoms with E-state index in [-0.39, 0.29) is 6.03 Å². The van der Waals surface area contributed by atoms with Gasteiger partial charge in [-0.15, -0.1) is 0 Å². The molecule has 10 nitrogen and oxygen atoms in total. The maximum atomic E-state index is 13.4. The summed E-state index contributed by atoms with van der Waals surface area (Å²) < 4.78 is 5.44. The van der Waals surface area contributed by atoms with Crippen molar-refractivity contribution in [2.24, 2.45) is 0 Å². The Kier molecular flexibility index (Phi) is 5.27. The van der Waals surface area contributed by atoms with Gasteiger partial charge in [0.2, 0.25) is 11.8 Å². The molecule has 10 heteroatoms. The van der Waals surface area contributed by atoms with Crippen molar-refractivity contribution in [1.29, 1.82) is 0 Å². The summed E-state index contributed by atoms with van der Waals surface area (Å²) in [7, 11) is 2.10. The number of hydrogen-bond acceptors (Lipinski definition) is 7. The lowest BCUT2D eigenvalue weighted by atomic mass is 10.0. The minimum atomic E-state index is -0.486. The highest BCUT2D eigenvalue weighted by atomic mass is 16.5. The van der Waals surface area contributed by atoms with E-state index in [1.165, 1.54) is 0 Å². The molecule has 0 bridgehead atoms. The molecule has 0 unspecified atom stereocenters. The van der Waals surface area contributed by atoms with E-state index < -0.39 is 5.54 Å². The summed E-state index contributed by atoms with van der Waals surface area (Å²) in [6.07, 6.45) is 1.64. The lowest BCUT2D eigenvalue weighted by molar-refractivity contribution is 0.0714. The van der Waals surface area contributed by atoms with E-state index in [9.17, 15) is 4.79 Å². The van der Waals surface area contributed by atoms with Gasteiger partial charge in [0.15, 0.2) is 5.82 Å². The van der Waals surface area contributed by atoms with Crippen molar-refractivity contribution in [3.05, 3.63) is 23.5 Å². The van der Waals surface area contributed by atoms with Gasteiger partial charge >= 0.3 is 6.03 Å².